The molecule has 0 amide bonds. The summed E-state index contributed by atoms with van der Waals surface area (Å²) in [5.74, 6) is 2.41. The van der Waals surface area contributed by atoms with Crippen molar-refractivity contribution in [2.45, 2.75) is 39.3 Å². The Morgan fingerprint density at radius 3 is 2.53 bits per heavy atom. The number of morpholine rings is 1. The van der Waals surface area contributed by atoms with Crippen LogP contribution < -0.4 is 15.4 Å². The number of guanidine groups is 1. The van der Waals surface area contributed by atoms with Crippen molar-refractivity contribution in [2.24, 2.45) is 10.9 Å². The van der Waals surface area contributed by atoms with Crippen LogP contribution in [0.2, 0.25) is 0 Å². The zero-order valence-electron chi connectivity index (χ0n) is 20.6. The lowest BCUT2D eigenvalue weighted by Crippen LogP contribution is -2.53. The number of likely N-dealkylation sites (N-methyl/N-ethyl adjacent to an activating group) is 1. The first-order valence-corrected chi connectivity index (χ1v) is 11.7. The normalized spacial score (nSPS) is 16.0. The molecule has 0 radical (unpaired) electrons. The molecule has 2 rings (SSSR count). The summed E-state index contributed by atoms with van der Waals surface area (Å²) in [5.41, 5.74) is 1.18. The molecular formula is C24H44IN5O2. The molecule has 1 fully saturated rings. The molecule has 32 heavy (non-hydrogen) atoms. The largest absolute Gasteiger partial charge is 0.492 e. The van der Waals surface area contributed by atoms with E-state index in [2.05, 4.69) is 65.5 Å². The number of benzene rings is 1. The minimum Gasteiger partial charge on any atom is -0.492 e. The summed E-state index contributed by atoms with van der Waals surface area (Å²) in [6.07, 6.45) is 2.37. The van der Waals surface area contributed by atoms with Crippen molar-refractivity contribution < 1.29 is 9.47 Å². The summed E-state index contributed by atoms with van der Waals surface area (Å²) in [6, 6.07) is 8.75. The van der Waals surface area contributed by atoms with Crippen LogP contribution in [-0.2, 0) is 11.3 Å². The highest BCUT2D eigenvalue weighted by molar-refractivity contribution is 14.0. The fourth-order valence-corrected chi connectivity index (χ4v) is 4.03. The molecule has 1 heterocycles. The molecule has 0 spiro atoms. The number of ether oxygens (including phenoxy) is 2. The Hall–Kier alpha value is -1.10. The molecule has 1 aliphatic heterocycles. The molecule has 8 heteroatoms. The van der Waals surface area contributed by atoms with Crippen molar-refractivity contribution in [3.05, 3.63) is 29.8 Å². The second-order valence-corrected chi connectivity index (χ2v) is 8.40. The molecule has 0 saturated carbocycles. The van der Waals surface area contributed by atoms with Crippen molar-refractivity contribution in [1.29, 1.82) is 0 Å². The molecular weight excluding hydrogens is 517 g/mol. The van der Waals surface area contributed by atoms with Crippen LogP contribution in [0.5, 0.6) is 5.75 Å². The Bertz CT molecular complexity index is 649. The smallest absolute Gasteiger partial charge is 0.191 e. The third kappa shape index (κ3) is 10.2. The van der Waals surface area contributed by atoms with Gasteiger partial charge >= 0.3 is 0 Å². The molecule has 2 N–H and O–H groups in total. The third-order valence-corrected chi connectivity index (χ3v) is 5.98. The van der Waals surface area contributed by atoms with Gasteiger partial charge in [-0.3, -0.25) is 9.89 Å². The van der Waals surface area contributed by atoms with Gasteiger partial charge in [0, 0.05) is 45.8 Å². The second kappa shape index (κ2) is 16.5. The summed E-state index contributed by atoms with van der Waals surface area (Å²) in [5, 5.41) is 7.02. The molecule has 1 unspecified atom stereocenters. The minimum absolute atomic E-state index is 0. The van der Waals surface area contributed by atoms with Crippen LogP contribution in [0.4, 0.5) is 0 Å². The Labute approximate surface area is 212 Å². The van der Waals surface area contributed by atoms with Crippen molar-refractivity contribution in [3.63, 3.8) is 0 Å². The fraction of sp³-hybridized carbons (Fsp3) is 0.708. The first-order valence-electron chi connectivity index (χ1n) is 11.7. The number of aliphatic imine (C=N–C) groups is 1. The molecule has 1 aliphatic rings. The predicted octanol–water partition coefficient (Wildman–Crippen LogP) is 3.05. The summed E-state index contributed by atoms with van der Waals surface area (Å²) >= 11 is 0. The van der Waals surface area contributed by atoms with Gasteiger partial charge in [0.15, 0.2) is 5.96 Å². The second-order valence-electron chi connectivity index (χ2n) is 8.40. The highest BCUT2D eigenvalue weighted by Crippen LogP contribution is 2.19. The first kappa shape index (κ1) is 28.9. The van der Waals surface area contributed by atoms with Gasteiger partial charge in [0.2, 0.25) is 0 Å². The SMILES string of the molecule is CCC(CC)C(CNC(=NC)NCc1cccc(OCCN(C)C)c1)N1CCOCC1.I. The molecule has 7 nitrogen and oxygen atoms in total. The van der Waals surface area contributed by atoms with E-state index in [1.54, 1.807) is 0 Å². The van der Waals surface area contributed by atoms with Gasteiger partial charge < -0.3 is 25.0 Å². The van der Waals surface area contributed by atoms with Gasteiger partial charge in [0.25, 0.3) is 0 Å². The van der Waals surface area contributed by atoms with E-state index in [1.165, 1.54) is 18.4 Å². The highest BCUT2D eigenvalue weighted by Gasteiger charge is 2.27. The van der Waals surface area contributed by atoms with Crippen LogP contribution in [0.25, 0.3) is 0 Å². The van der Waals surface area contributed by atoms with E-state index in [4.69, 9.17) is 9.47 Å². The van der Waals surface area contributed by atoms with Crippen LogP contribution in [0.1, 0.15) is 32.3 Å². The Kier molecular flexibility index (Phi) is 14.9. The van der Waals surface area contributed by atoms with Crippen molar-refractivity contribution in [2.75, 3.05) is 67.1 Å². The lowest BCUT2D eigenvalue weighted by molar-refractivity contribution is 0.00272. The van der Waals surface area contributed by atoms with Gasteiger partial charge in [-0.1, -0.05) is 38.8 Å². The monoisotopic (exact) mass is 561 g/mol. The van der Waals surface area contributed by atoms with E-state index in [0.717, 1.165) is 51.1 Å². The molecule has 1 aromatic rings. The van der Waals surface area contributed by atoms with E-state index >= 15 is 0 Å². The maximum Gasteiger partial charge on any atom is 0.191 e. The lowest BCUT2D eigenvalue weighted by atomic mass is 9.92. The molecule has 0 bridgehead atoms. The number of rotatable bonds is 12. The first-order chi connectivity index (χ1) is 15.1. The average molecular weight is 562 g/mol. The predicted molar refractivity (Wildman–Crippen MR) is 144 cm³/mol. The van der Waals surface area contributed by atoms with Crippen LogP contribution in [0.3, 0.4) is 0 Å². The van der Waals surface area contributed by atoms with E-state index in [0.29, 0.717) is 25.1 Å². The van der Waals surface area contributed by atoms with Crippen LogP contribution in [0, 0.1) is 5.92 Å². The summed E-state index contributed by atoms with van der Waals surface area (Å²) in [7, 11) is 5.93. The molecule has 1 atom stereocenters. The summed E-state index contributed by atoms with van der Waals surface area (Å²) in [6.45, 7) is 11.5. The van der Waals surface area contributed by atoms with Crippen LogP contribution in [0.15, 0.2) is 29.3 Å². The highest BCUT2D eigenvalue weighted by atomic mass is 127. The van der Waals surface area contributed by atoms with Crippen molar-refractivity contribution in [1.82, 2.24) is 20.4 Å². The van der Waals surface area contributed by atoms with Gasteiger partial charge in [-0.25, -0.2) is 0 Å². The van der Waals surface area contributed by atoms with Crippen LogP contribution in [-0.4, -0.2) is 88.9 Å². The third-order valence-electron chi connectivity index (χ3n) is 5.98. The molecule has 1 saturated heterocycles. The molecule has 1 aromatic carbocycles. The van der Waals surface area contributed by atoms with Crippen molar-refractivity contribution >= 4 is 29.9 Å². The standard InChI is InChI=1S/C24H43N5O2.HI/c1-6-21(7-2)23(29-12-14-30-15-13-29)19-27-24(25-3)26-18-20-9-8-10-22(17-20)31-16-11-28(4)5;/h8-10,17,21,23H,6-7,11-16,18-19H2,1-5H3,(H2,25,26,27);1H. The molecule has 184 valence electrons. The van der Waals surface area contributed by atoms with Gasteiger partial charge in [-0.15, -0.1) is 24.0 Å². The van der Waals surface area contributed by atoms with E-state index in [9.17, 15) is 0 Å². The minimum atomic E-state index is 0. The van der Waals surface area contributed by atoms with E-state index in [-0.39, 0.29) is 24.0 Å². The van der Waals surface area contributed by atoms with Crippen LogP contribution >= 0.6 is 24.0 Å². The molecule has 0 aliphatic carbocycles. The van der Waals surface area contributed by atoms with Gasteiger partial charge in [-0.2, -0.15) is 0 Å². The fourth-order valence-electron chi connectivity index (χ4n) is 4.03. The zero-order valence-corrected chi connectivity index (χ0v) is 22.9. The number of nitrogens with one attached hydrogen (secondary N) is 2. The van der Waals surface area contributed by atoms with Gasteiger partial charge in [-0.05, 0) is 37.7 Å². The Morgan fingerprint density at radius 1 is 1.19 bits per heavy atom. The number of hydrogen-bond donors (Lipinski definition) is 2. The lowest BCUT2D eigenvalue weighted by Gasteiger charge is -2.39. The Balaban J connectivity index is 0.00000512. The number of hydrogen-bond acceptors (Lipinski definition) is 5. The Morgan fingerprint density at radius 2 is 1.91 bits per heavy atom. The van der Waals surface area contributed by atoms with Crippen molar-refractivity contribution in [3.8, 4) is 5.75 Å². The van der Waals surface area contributed by atoms with Gasteiger partial charge in [0.1, 0.15) is 12.4 Å². The maximum atomic E-state index is 5.86. The number of halogens is 1. The summed E-state index contributed by atoms with van der Waals surface area (Å²) < 4.78 is 11.4. The maximum absolute atomic E-state index is 5.86. The summed E-state index contributed by atoms with van der Waals surface area (Å²) in [4.78, 5) is 9.13. The van der Waals surface area contributed by atoms with E-state index < -0.39 is 0 Å². The topological polar surface area (TPSA) is 61.4 Å². The van der Waals surface area contributed by atoms with Gasteiger partial charge in [0.05, 0.1) is 13.2 Å². The quantitative estimate of drug-likeness (QED) is 0.233. The average Bonchev–Trinajstić information content (AvgIpc) is 2.79. The number of nitrogens with zero attached hydrogens (tertiary/aromatic N) is 3. The van der Waals surface area contributed by atoms with E-state index in [1.807, 2.05) is 19.2 Å². The molecule has 0 aromatic heterocycles. The zero-order chi connectivity index (χ0) is 22.5.